The lowest BCUT2D eigenvalue weighted by Gasteiger charge is -2.69. The molecule has 5 aliphatic rings. The minimum atomic E-state index is -0.817. The molecule has 7 heteroatoms. The summed E-state index contributed by atoms with van der Waals surface area (Å²) in [5.74, 6) is 0.574. The number of methoxy groups -OCH3 is 1. The van der Waals surface area contributed by atoms with Crippen LogP contribution in [-0.2, 0) is 14.3 Å². The fraction of sp³-hybridized carbons (Fsp3) is 0.857. The van der Waals surface area contributed by atoms with Crippen molar-refractivity contribution in [3.05, 3.63) is 0 Å². The molecule has 2 bridgehead atoms. The van der Waals surface area contributed by atoms with Gasteiger partial charge in [0.15, 0.2) is 5.78 Å². The van der Waals surface area contributed by atoms with Crippen LogP contribution in [0.1, 0.15) is 58.3 Å². The number of hydrogen-bond donors (Lipinski definition) is 2. The minimum absolute atomic E-state index is 0.0648. The fourth-order valence-corrected chi connectivity index (χ4v) is 9.52. The number of aliphatic hydroxyl groups excluding tert-OH is 2. The first kappa shape index (κ1) is 19.1. The van der Waals surface area contributed by atoms with Crippen molar-refractivity contribution in [1.82, 2.24) is 0 Å². The molecule has 4 aliphatic carbocycles. The number of carbonyl (C=O) groups is 2. The van der Waals surface area contributed by atoms with Gasteiger partial charge in [0.25, 0.3) is 0 Å². The summed E-state index contributed by atoms with van der Waals surface area (Å²) in [6.07, 6.45) is 4.19. The molecule has 7 atom stereocenters. The number of carbonyl (C=O) groups excluding carboxylic acids is 2. The Morgan fingerprint density at radius 1 is 1.18 bits per heavy atom. The number of fused-ring (bicyclic) bond motifs is 2. The zero-order valence-electron chi connectivity index (χ0n) is 16.6. The van der Waals surface area contributed by atoms with E-state index in [0.717, 1.165) is 19.3 Å². The van der Waals surface area contributed by atoms with E-state index in [1.165, 1.54) is 11.8 Å². The predicted molar refractivity (Wildman–Crippen MR) is 105 cm³/mol. The number of thioether (sulfide) groups is 1. The first-order valence-corrected chi connectivity index (χ1v) is 11.3. The van der Waals surface area contributed by atoms with Crippen LogP contribution in [0.25, 0.3) is 0 Å². The van der Waals surface area contributed by atoms with Gasteiger partial charge in [-0.3, -0.25) is 9.59 Å². The van der Waals surface area contributed by atoms with E-state index in [0.29, 0.717) is 30.9 Å². The fourth-order valence-electron chi connectivity index (χ4n) is 7.77. The molecule has 1 spiro atoms. The zero-order valence-corrected chi connectivity index (χ0v) is 17.4. The van der Waals surface area contributed by atoms with Crippen LogP contribution in [0.3, 0.4) is 0 Å². The highest BCUT2D eigenvalue weighted by atomic mass is 32.2. The van der Waals surface area contributed by atoms with Crippen molar-refractivity contribution in [3.8, 4) is 0 Å². The predicted octanol–water partition coefficient (Wildman–Crippen LogP) is 2.10. The molecule has 28 heavy (non-hydrogen) atoms. The maximum absolute atomic E-state index is 14.0. The van der Waals surface area contributed by atoms with Crippen molar-refractivity contribution in [3.63, 3.8) is 0 Å². The summed E-state index contributed by atoms with van der Waals surface area (Å²) < 4.78 is 4.75. The van der Waals surface area contributed by atoms with Gasteiger partial charge in [0.1, 0.15) is 5.78 Å². The molecule has 4 saturated carbocycles. The molecule has 6 nitrogen and oxygen atoms in total. The van der Waals surface area contributed by atoms with Crippen LogP contribution >= 0.6 is 11.8 Å². The third-order valence-corrected chi connectivity index (χ3v) is 10.8. The zero-order chi connectivity index (χ0) is 19.9. The molecule has 2 N–H and O–H groups in total. The number of aliphatic imine (C=N–C) groups is 1. The SMILES string of the molecule is COC1=NC23CCC4C5CCC(O)C5(C)CC(=O)C4(S1)C2(CO)CCC(=O)C3. The van der Waals surface area contributed by atoms with Crippen LogP contribution < -0.4 is 0 Å². The maximum Gasteiger partial charge on any atom is 0.247 e. The highest BCUT2D eigenvalue weighted by molar-refractivity contribution is 8.15. The third kappa shape index (κ3) is 1.92. The van der Waals surface area contributed by atoms with E-state index < -0.39 is 27.2 Å². The Hall–Kier alpha value is -0.920. The Labute approximate surface area is 169 Å². The lowest BCUT2D eigenvalue weighted by molar-refractivity contribution is -0.167. The van der Waals surface area contributed by atoms with Crippen LogP contribution in [-0.4, -0.2) is 57.1 Å². The average molecular weight is 408 g/mol. The van der Waals surface area contributed by atoms with Crippen molar-refractivity contribution < 1.29 is 24.5 Å². The van der Waals surface area contributed by atoms with Crippen molar-refractivity contribution in [2.75, 3.05) is 13.7 Å². The van der Waals surface area contributed by atoms with E-state index in [2.05, 4.69) is 6.92 Å². The van der Waals surface area contributed by atoms with Gasteiger partial charge in [-0.2, -0.15) is 0 Å². The number of rotatable bonds is 1. The largest absolute Gasteiger partial charge is 0.476 e. The molecule has 5 rings (SSSR count). The molecule has 1 aliphatic heterocycles. The van der Waals surface area contributed by atoms with Gasteiger partial charge in [0.2, 0.25) is 5.23 Å². The van der Waals surface area contributed by atoms with Crippen LogP contribution in [0, 0.1) is 22.7 Å². The van der Waals surface area contributed by atoms with Gasteiger partial charge in [0, 0.05) is 30.1 Å². The van der Waals surface area contributed by atoms with Crippen LogP contribution in [0.5, 0.6) is 0 Å². The van der Waals surface area contributed by atoms with Crippen LogP contribution in [0.4, 0.5) is 0 Å². The first-order chi connectivity index (χ1) is 13.3. The van der Waals surface area contributed by atoms with Crippen LogP contribution in [0.15, 0.2) is 4.99 Å². The molecule has 154 valence electrons. The summed E-state index contributed by atoms with van der Waals surface area (Å²) in [5.41, 5.74) is -1.86. The number of ketones is 2. The number of Topliss-reactive ketones (excluding diaryl/α,β-unsaturated/α-hetero) is 2. The molecule has 4 fully saturated rings. The molecule has 0 amide bonds. The van der Waals surface area contributed by atoms with Gasteiger partial charge in [-0.15, -0.1) is 0 Å². The summed E-state index contributed by atoms with van der Waals surface area (Å²) in [7, 11) is 1.57. The first-order valence-electron chi connectivity index (χ1n) is 10.5. The Bertz CT molecular complexity index is 785. The topological polar surface area (TPSA) is 96.2 Å². The van der Waals surface area contributed by atoms with Gasteiger partial charge < -0.3 is 14.9 Å². The quantitative estimate of drug-likeness (QED) is 0.691. The van der Waals surface area contributed by atoms with Gasteiger partial charge in [-0.25, -0.2) is 4.99 Å². The van der Waals surface area contributed by atoms with Crippen molar-refractivity contribution in [2.24, 2.45) is 27.7 Å². The van der Waals surface area contributed by atoms with Crippen molar-refractivity contribution >= 4 is 28.6 Å². The number of ether oxygens (including phenoxy) is 1. The molecular weight excluding hydrogens is 378 g/mol. The normalized spacial score (nSPS) is 52.4. The second-order valence-electron chi connectivity index (χ2n) is 9.86. The smallest absolute Gasteiger partial charge is 0.247 e. The second-order valence-corrected chi connectivity index (χ2v) is 11.1. The summed E-state index contributed by atoms with van der Waals surface area (Å²) in [5, 5.41) is 22.0. The lowest BCUT2D eigenvalue weighted by Crippen LogP contribution is -2.77. The van der Waals surface area contributed by atoms with Crippen molar-refractivity contribution in [1.29, 1.82) is 0 Å². The van der Waals surface area contributed by atoms with E-state index in [1.807, 2.05) is 0 Å². The number of hydrogen-bond acceptors (Lipinski definition) is 7. The Morgan fingerprint density at radius 2 is 1.96 bits per heavy atom. The second kappa shape index (κ2) is 5.82. The highest BCUT2D eigenvalue weighted by Gasteiger charge is 2.78. The summed E-state index contributed by atoms with van der Waals surface area (Å²) >= 11 is 1.41. The number of nitrogens with zero attached hydrogens (tertiary/aromatic N) is 1. The van der Waals surface area contributed by atoms with E-state index in [4.69, 9.17) is 9.73 Å². The Balaban J connectivity index is 1.74. The van der Waals surface area contributed by atoms with Gasteiger partial charge >= 0.3 is 0 Å². The molecule has 0 radical (unpaired) electrons. The Morgan fingerprint density at radius 3 is 2.68 bits per heavy atom. The minimum Gasteiger partial charge on any atom is -0.476 e. The summed E-state index contributed by atoms with van der Waals surface area (Å²) in [6, 6.07) is 0. The summed E-state index contributed by atoms with van der Waals surface area (Å²) in [4.78, 5) is 31.3. The highest BCUT2D eigenvalue weighted by Crippen LogP contribution is 2.74. The molecule has 0 aromatic rings. The maximum atomic E-state index is 14.0. The van der Waals surface area contributed by atoms with E-state index >= 15 is 0 Å². The number of aliphatic hydroxyl groups is 2. The Kier molecular flexibility index (Phi) is 3.97. The van der Waals surface area contributed by atoms with E-state index in [-0.39, 0.29) is 36.4 Å². The summed E-state index contributed by atoms with van der Waals surface area (Å²) in [6.45, 7) is 1.93. The molecule has 1 heterocycles. The van der Waals surface area contributed by atoms with Gasteiger partial charge in [-0.05, 0) is 43.9 Å². The standard InChI is InChI=1S/C21H29NO5S/c1-18-10-16(26)21-14(13(18)3-4-15(18)25)6-8-20(22-17(27-2)28-21)9-12(24)5-7-19(20,21)11-23/h13-15,23,25H,3-11H2,1-2H3. The molecule has 0 saturated heterocycles. The van der Waals surface area contributed by atoms with E-state index in [9.17, 15) is 19.8 Å². The van der Waals surface area contributed by atoms with Crippen LogP contribution in [0.2, 0.25) is 0 Å². The molecule has 7 unspecified atom stereocenters. The molecular formula is C21H29NO5S. The van der Waals surface area contributed by atoms with E-state index in [1.54, 1.807) is 7.11 Å². The lowest BCUT2D eigenvalue weighted by atomic mass is 9.41. The van der Waals surface area contributed by atoms with Gasteiger partial charge in [-0.1, -0.05) is 18.7 Å². The third-order valence-electron chi connectivity index (χ3n) is 9.11. The molecule has 0 aromatic carbocycles. The molecule has 0 aromatic heterocycles. The monoisotopic (exact) mass is 407 g/mol. The van der Waals surface area contributed by atoms with Crippen molar-refractivity contribution in [2.45, 2.75) is 74.7 Å². The average Bonchev–Trinajstić information content (AvgIpc) is 2.95. The van der Waals surface area contributed by atoms with Gasteiger partial charge in [0.05, 0.1) is 30.1 Å².